The molecular weight excluding hydrogens is 152 g/mol. The Morgan fingerprint density at radius 2 is 2.10 bits per heavy atom. The minimum absolute atomic E-state index is 0.226. The van der Waals surface area contributed by atoms with E-state index in [0.717, 1.165) is 13.1 Å². The van der Waals surface area contributed by atoms with Gasteiger partial charge in [0, 0.05) is 19.6 Å². The molecule has 1 fully saturated rings. The Kier molecular flexibility index (Phi) is 2.28. The van der Waals surface area contributed by atoms with Gasteiger partial charge >= 0.3 is 0 Å². The molecule has 0 amide bonds. The Morgan fingerprint density at radius 3 is 2.50 bits per heavy atom. The molecule has 0 aromatic rings. The molecule has 0 spiro atoms. The van der Waals surface area contributed by atoms with E-state index in [9.17, 15) is 8.42 Å². The van der Waals surface area contributed by atoms with E-state index in [1.54, 1.807) is 0 Å². The van der Waals surface area contributed by atoms with Crippen molar-refractivity contribution < 1.29 is 8.42 Å². The summed E-state index contributed by atoms with van der Waals surface area (Å²) in [5, 5.41) is 0. The zero-order valence-corrected chi connectivity index (χ0v) is 6.82. The van der Waals surface area contributed by atoms with Crippen LogP contribution in [0.15, 0.2) is 0 Å². The predicted octanol–water partition coefficient (Wildman–Crippen LogP) is -1.15. The van der Waals surface area contributed by atoms with Crippen LogP contribution in [0.25, 0.3) is 0 Å². The average Bonchev–Trinajstić information content (AvgIpc) is 2.66. The van der Waals surface area contributed by atoms with Gasteiger partial charge in [-0.15, -0.1) is 0 Å². The number of sulfonamides is 1. The van der Waals surface area contributed by atoms with E-state index in [-0.39, 0.29) is 5.75 Å². The first-order chi connectivity index (χ1) is 4.64. The smallest absolute Gasteiger partial charge is 0.212 e. The zero-order chi connectivity index (χ0) is 7.61. The maximum atomic E-state index is 10.8. The highest BCUT2D eigenvalue weighted by Crippen LogP contribution is 2.01. The highest BCUT2D eigenvalue weighted by Gasteiger charge is 2.19. The molecule has 0 unspecified atom stereocenters. The lowest BCUT2D eigenvalue weighted by atomic mass is 10.8. The fourth-order valence-corrected chi connectivity index (χ4v) is 1.35. The first-order valence-electron chi connectivity index (χ1n) is 3.27. The molecule has 0 radical (unpaired) electrons. The van der Waals surface area contributed by atoms with Crippen LogP contribution in [0, 0.1) is 0 Å². The quantitative estimate of drug-likeness (QED) is 0.534. The van der Waals surface area contributed by atoms with Crippen molar-refractivity contribution in [2.75, 3.05) is 32.4 Å². The predicted molar refractivity (Wildman–Crippen MR) is 39.3 cm³/mol. The molecule has 1 rings (SSSR count). The fourth-order valence-electron chi connectivity index (χ4n) is 0.646. The van der Waals surface area contributed by atoms with Gasteiger partial charge < -0.3 is 0 Å². The standard InChI is InChI=1S/C5H12N2O2S/c1-6-10(8,9)5-4-7-2-3-7/h6H,2-5H2,1H3. The molecule has 0 aliphatic carbocycles. The molecule has 0 aromatic heterocycles. The second kappa shape index (κ2) is 2.86. The van der Waals surface area contributed by atoms with E-state index in [1.165, 1.54) is 7.05 Å². The maximum absolute atomic E-state index is 10.8. The molecule has 0 bridgehead atoms. The third-order valence-corrected chi connectivity index (χ3v) is 2.87. The molecule has 1 aliphatic rings. The van der Waals surface area contributed by atoms with Gasteiger partial charge in [0.05, 0.1) is 5.75 Å². The van der Waals surface area contributed by atoms with E-state index in [2.05, 4.69) is 9.62 Å². The number of rotatable bonds is 4. The normalized spacial score (nSPS) is 19.3. The van der Waals surface area contributed by atoms with Gasteiger partial charge in [-0.3, -0.25) is 4.90 Å². The van der Waals surface area contributed by atoms with Crippen molar-refractivity contribution in [3.8, 4) is 0 Å². The van der Waals surface area contributed by atoms with Crippen LogP contribution in [0.1, 0.15) is 0 Å². The van der Waals surface area contributed by atoms with Gasteiger partial charge in [-0.05, 0) is 7.05 Å². The summed E-state index contributed by atoms with van der Waals surface area (Å²) < 4.78 is 23.9. The molecule has 0 saturated carbocycles. The van der Waals surface area contributed by atoms with Gasteiger partial charge in [0.1, 0.15) is 0 Å². The van der Waals surface area contributed by atoms with Crippen molar-refractivity contribution in [1.29, 1.82) is 0 Å². The van der Waals surface area contributed by atoms with E-state index in [1.807, 2.05) is 0 Å². The third kappa shape index (κ3) is 2.64. The Labute approximate surface area is 61.3 Å². The minimum atomic E-state index is -2.97. The van der Waals surface area contributed by atoms with Gasteiger partial charge in [0.2, 0.25) is 10.0 Å². The van der Waals surface area contributed by atoms with Crippen LogP contribution in [0.4, 0.5) is 0 Å². The summed E-state index contributed by atoms with van der Waals surface area (Å²) in [7, 11) is -1.52. The molecule has 1 saturated heterocycles. The van der Waals surface area contributed by atoms with Gasteiger partial charge in [0.25, 0.3) is 0 Å². The SMILES string of the molecule is CNS(=O)(=O)CCN1CC1. The molecule has 60 valence electrons. The van der Waals surface area contributed by atoms with Gasteiger partial charge in [-0.25, -0.2) is 13.1 Å². The summed E-state index contributed by atoms with van der Waals surface area (Å²) in [4.78, 5) is 2.08. The first-order valence-corrected chi connectivity index (χ1v) is 4.93. The second-order valence-electron chi connectivity index (χ2n) is 2.36. The van der Waals surface area contributed by atoms with Crippen LogP contribution in [0.5, 0.6) is 0 Å². The van der Waals surface area contributed by atoms with Crippen LogP contribution in [0.3, 0.4) is 0 Å². The molecule has 0 aromatic carbocycles. The third-order valence-electron chi connectivity index (χ3n) is 1.53. The largest absolute Gasteiger partial charge is 0.300 e. The summed E-state index contributed by atoms with van der Waals surface area (Å²) in [5.74, 6) is 0.226. The molecule has 0 atom stereocenters. The highest BCUT2D eigenvalue weighted by atomic mass is 32.2. The first kappa shape index (κ1) is 7.97. The number of hydrogen-bond acceptors (Lipinski definition) is 3. The monoisotopic (exact) mass is 164 g/mol. The average molecular weight is 164 g/mol. The van der Waals surface area contributed by atoms with Crippen LogP contribution in [-0.2, 0) is 10.0 Å². The van der Waals surface area contributed by atoms with E-state index in [0.29, 0.717) is 6.54 Å². The minimum Gasteiger partial charge on any atom is -0.300 e. The van der Waals surface area contributed by atoms with Gasteiger partial charge in [-0.2, -0.15) is 0 Å². The molecule has 10 heavy (non-hydrogen) atoms. The summed E-state index contributed by atoms with van der Waals surface area (Å²) in [6, 6.07) is 0. The lowest BCUT2D eigenvalue weighted by Crippen LogP contribution is -2.25. The summed E-state index contributed by atoms with van der Waals surface area (Å²) in [6.45, 7) is 2.78. The molecule has 4 nitrogen and oxygen atoms in total. The zero-order valence-electron chi connectivity index (χ0n) is 6.00. The lowest BCUT2D eigenvalue weighted by molar-refractivity contribution is 0.558. The van der Waals surface area contributed by atoms with Crippen molar-refractivity contribution >= 4 is 10.0 Å². The highest BCUT2D eigenvalue weighted by molar-refractivity contribution is 7.89. The Morgan fingerprint density at radius 1 is 1.50 bits per heavy atom. The van der Waals surface area contributed by atoms with Crippen molar-refractivity contribution in [3.05, 3.63) is 0 Å². The molecule has 1 aliphatic heterocycles. The van der Waals surface area contributed by atoms with Gasteiger partial charge in [0.15, 0.2) is 0 Å². The Balaban J connectivity index is 2.22. The summed E-state index contributed by atoms with van der Waals surface area (Å²) in [5.41, 5.74) is 0. The van der Waals surface area contributed by atoms with Crippen molar-refractivity contribution in [2.45, 2.75) is 0 Å². The number of hydrogen-bond donors (Lipinski definition) is 1. The molecule has 1 N–H and O–H groups in total. The van der Waals surface area contributed by atoms with Crippen molar-refractivity contribution in [2.24, 2.45) is 0 Å². The van der Waals surface area contributed by atoms with Crippen molar-refractivity contribution in [3.63, 3.8) is 0 Å². The Hall–Kier alpha value is -0.130. The summed E-state index contributed by atoms with van der Waals surface area (Å²) >= 11 is 0. The lowest BCUT2D eigenvalue weighted by Gasteiger charge is -2.00. The van der Waals surface area contributed by atoms with E-state index < -0.39 is 10.0 Å². The number of nitrogens with one attached hydrogen (secondary N) is 1. The topological polar surface area (TPSA) is 49.2 Å². The van der Waals surface area contributed by atoms with Crippen molar-refractivity contribution in [1.82, 2.24) is 9.62 Å². The maximum Gasteiger partial charge on any atom is 0.212 e. The fraction of sp³-hybridized carbons (Fsp3) is 1.00. The molecular formula is C5H12N2O2S. The van der Waals surface area contributed by atoms with Crippen LogP contribution in [0.2, 0.25) is 0 Å². The van der Waals surface area contributed by atoms with Crippen LogP contribution < -0.4 is 4.72 Å². The van der Waals surface area contributed by atoms with E-state index >= 15 is 0 Å². The summed E-state index contributed by atoms with van der Waals surface area (Å²) in [6.07, 6.45) is 0. The van der Waals surface area contributed by atoms with Gasteiger partial charge in [-0.1, -0.05) is 0 Å². The molecule has 1 heterocycles. The van der Waals surface area contributed by atoms with Crippen LogP contribution in [-0.4, -0.2) is 45.8 Å². The van der Waals surface area contributed by atoms with Crippen LogP contribution >= 0.6 is 0 Å². The second-order valence-corrected chi connectivity index (χ2v) is 4.41. The number of nitrogens with zero attached hydrogens (tertiary/aromatic N) is 1. The Bertz CT molecular complexity index is 196. The molecule has 5 heteroatoms. The van der Waals surface area contributed by atoms with E-state index in [4.69, 9.17) is 0 Å².